The van der Waals surface area contributed by atoms with Crippen molar-refractivity contribution in [3.05, 3.63) is 64.8 Å². The molecule has 2 heteroatoms. The van der Waals surface area contributed by atoms with Crippen LogP contribution in [-0.4, -0.2) is 0 Å². The lowest BCUT2D eigenvalue weighted by Gasteiger charge is -2.11. The van der Waals surface area contributed by atoms with E-state index in [1.54, 1.807) is 0 Å². The number of aromatic nitrogens is 1. The maximum atomic E-state index is 6.43. The normalized spacial score (nSPS) is 11.8. The Bertz CT molecular complexity index is 1160. The monoisotopic (exact) mass is 358 g/mol. The quantitative estimate of drug-likeness (QED) is 0.398. The van der Waals surface area contributed by atoms with E-state index in [0.717, 1.165) is 17.6 Å². The first-order chi connectivity index (χ1) is 12.9. The van der Waals surface area contributed by atoms with Crippen molar-refractivity contribution in [3.8, 4) is 11.3 Å². The van der Waals surface area contributed by atoms with Gasteiger partial charge in [0.15, 0.2) is 6.20 Å². The average Bonchev–Trinajstić information content (AvgIpc) is 2.98. The summed E-state index contributed by atoms with van der Waals surface area (Å²) in [6.45, 7) is 11.1. The second kappa shape index (κ2) is 6.53. The highest BCUT2D eigenvalue weighted by Gasteiger charge is 2.22. The summed E-state index contributed by atoms with van der Waals surface area (Å²) in [5.41, 5.74) is 9.58. The summed E-state index contributed by atoms with van der Waals surface area (Å²) in [7, 11) is 2.14. The van der Waals surface area contributed by atoms with Crippen molar-refractivity contribution in [2.45, 2.75) is 41.0 Å². The third-order valence-corrected chi connectivity index (χ3v) is 5.55. The van der Waals surface area contributed by atoms with E-state index in [2.05, 4.69) is 88.8 Å². The van der Waals surface area contributed by atoms with Crippen LogP contribution >= 0.6 is 0 Å². The molecule has 0 saturated heterocycles. The highest BCUT2D eigenvalue weighted by atomic mass is 16.3. The molecule has 4 aromatic rings. The number of hydrogen-bond acceptors (Lipinski definition) is 1. The van der Waals surface area contributed by atoms with Crippen LogP contribution in [0.3, 0.4) is 0 Å². The molecule has 2 heterocycles. The van der Waals surface area contributed by atoms with Crippen LogP contribution < -0.4 is 4.57 Å². The number of hydrogen-bond donors (Lipinski definition) is 0. The fraction of sp³-hybridized carbons (Fsp3) is 0.320. The number of para-hydroxylation sites is 1. The van der Waals surface area contributed by atoms with E-state index in [1.165, 1.54) is 44.3 Å². The number of benzene rings is 2. The number of furan rings is 1. The van der Waals surface area contributed by atoms with Gasteiger partial charge in [0, 0.05) is 22.4 Å². The van der Waals surface area contributed by atoms with Gasteiger partial charge in [-0.15, -0.1) is 0 Å². The van der Waals surface area contributed by atoms with Gasteiger partial charge >= 0.3 is 0 Å². The molecule has 0 aliphatic heterocycles. The Hall–Kier alpha value is -2.61. The van der Waals surface area contributed by atoms with Crippen molar-refractivity contribution >= 4 is 21.9 Å². The molecule has 0 aliphatic carbocycles. The molecule has 2 aromatic carbocycles. The Morgan fingerprint density at radius 3 is 2.37 bits per heavy atom. The molecule has 0 saturated carbocycles. The second-order valence-corrected chi connectivity index (χ2v) is 8.26. The molecule has 4 rings (SSSR count). The average molecular weight is 359 g/mol. The molecular formula is C25H28NO+. The standard InChI is InChI=1S/C25H28NO/c1-15(2)12-19-14-26(6)22(13-18(19)5)23-16(3)10-11-21-20-9-7-8-17(4)24(20)27-25(21)23/h7-11,13-15H,12H2,1-6H3/q+1. The minimum absolute atomic E-state index is 0.651. The first-order valence-corrected chi connectivity index (χ1v) is 9.77. The van der Waals surface area contributed by atoms with Gasteiger partial charge in [-0.3, -0.25) is 0 Å². The van der Waals surface area contributed by atoms with Crippen molar-refractivity contribution < 1.29 is 8.98 Å². The lowest BCUT2D eigenvalue weighted by atomic mass is 9.96. The minimum Gasteiger partial charge on any atom is -0.455 e. The van der Waals surface area contributed by atoms with Crippen molar-refractivity contribution in [1.29, 1.82) is 0 Å². The van der Waals surface area contributed by atoms with Crippen molar-refractivity contribution in [1.82, 2.24) is 0 Å². The molecule has 0 fully saturated rings. The van der Waals surface area contributed by atoms with E-state index in [4.69, 9.17) is 4.42 Å². The Balaban J connectivity index is 2.02. The van der Waals surface area contributed by atoms with Gasteiger partial charge in [0.25, 0.3) is 0 Å². The molecule has 0 bridgehead atoms. The predicted octanol–water partition coefficient (Wildman–Crippen LogP) is 6.20. The van der Waals surface area contributed by atoms with E-state index in [1.807, 2.05) is 0 Å². The van der Waals surface area contributed by atoms with E-state index in [0.29, 0.717) is 5.92 Å². The van der Waals surface area contributed by atoms with Crippen molar-refractivity contribution in [3.63, 3.8) is 0 Å². The van der Waals surface area contributed by atoms with Crippen LogP contribution in [0.1, 0.15) is 36.1 Å². The molecule has 0 amide bonds. The third kappa shape index (κ3) is 2.93. The van der Waals surface area contributed by atoms with Gasteiger partial charge in [-0.2, -0.15) is 0 Å². The zero-order valence-electron chi connectivity index (χ0n) is 17.2. The number of rotatable bonds is 3. The fourth-order valence-electron chi connectivity index (χ4n) is 4.13. The summed E-state index contributed by atoms with van der Waals surface area (Å²) in [5, 5.41) is 2.39. The first-order valence-electron chi connectivity index (χ1n) is 9.77. The van der Waals surface area contributed by atoms with Gasteiger partial charge < -0.3 is 4.42 Å². The number of nitrogens with zero attached hydrogens (tertiary/aromatic N) is 1. The lowest BCUT2D eigenvalue weighted by molar-refractivity contribution is -0.660. The summed E-state index contributed by atoms with van der Waals surface area (Å²) >= 11 is 0. The van der Waals surface area contributed by atoms with Crippen LogP contribution in [0.25, 0.3) is 33.2 Å². The second-order valence-electron chi connectivity index (χ2n) is 8.26. The summed E-state index contributed by atoms with van der Waals surface area (Å²) < 4.78 is 8.68. The maximum absolute atomic E-state index is 6.43. The van der Waals surface area contributed by atoms with Gasteiger partial charge in [-0.05, 0) is 49.8 Å². The zero-order valence-corrected chi connectivity index (χ0v) is 17.2. The molecule has 0 unspecified atom stereocenters. The summed E-state index contributed by atoms with van der Waals surface area (Å²) in [4.78, 5) is 0. The van der Waals surface area contributed by atoms with E-state index < -0.39 is 0 Å². The molecule has 0 radical (unpaired) electrons. The number of pyridine rings is 1. The van der Waals surface area contributed by atoms with Gasteiger partial charge in [0.1, 0.15) is 18.2 Å². The zero-order chi connectivity index (χ0) is 19.3. The van der Waals surface area contributed by atoms with Crippen LogP contribution in [0.15, 0.2) is 47.0 Å². The van der Waals surface area contributed by atoms with Gasteiger partial charge in [0.2, 0.25) is 5.69 Å². The largest absolute Gasteiger partial charge is 0.455 e. The molecule has 2 aromatic heterocycles. The van der Waals surface area contributed by atoms with Crippen LogP contribution in [0.4, 0.5) is 0 Å². The number of aryl methyl sites for hydroxylation is 4. The Kier molecular flexibility index (Phi) is 4.30. The van der Waals surface area contributed by atoms with Crippen molar-refractivity contribution in [2.75, 3.05) is 0 Å². The SMILES string of the molecule is Cc1cc(-c2c(C)ccc3c2oc2c(C)cccc23)[n+](C)cc1CC(C)C. The van der Waals surface area contributed by atoms with E-state index in [-0.39, 0.29) is 0 Å². The molecule has 0 aliphatic rings. The molecular weight excluding hydrogens is 330 g/mol. The molecule has 2 nitrogen and oxygen atoms in total. The van der Waals surface area contributed by atoms with Gasteiger partial charge in [-0.1, -0.05) is 44.2 Å². The maximum Gasteiger partial charge on any atom is 0.216 e. The smallest absolute Gasteiger partial charge is 0.216 e. The summed E-state index contributed by atoms with van der Waals surface area (Å²) in [6.07, 6.45) is 3.39. The Labute approximate surface area is 161 Å². The van der Waals surface area contributed by atoms with Gasteiger partial charge in [-0.25, -0.2) is 4.57 Å². The first kappa shape index (κ1) is 17.8. The number of fused-ring (bicyclic) bond motifs is 3. The molecule has 138 valence electrons. The highest BCUT2D eigenvalue weighted by molar-refractivity contribution is 6.10. The lowest BCUT2D eigenvalue weighted by Crippen LogP contribution is -2.32. The molecule has 0 spiro atoms. The molecule has 0 atom stereocenters. The fourth-order valence-corrected chi connectivity index (χ4v) is 4.13. The van der Waals surface area contributed by atoms with Crippen LogP contribution in [0.2, 0.25) is 0 Å². The highest BCUT2D eigenvalue weighted by Crippen LogP contribution is 2.38. The van der Waals surface area contributed by atoms with Gasteiger partial charge in [0.05, 0.1) is 5.56 Å². The van der Waals surface area contributed by atoms with Crippen LogP contribution in [-0.2, 0) is 13.5 Å². The van der Waals surface area contributed by atoms with Crippen LogP contribution in [0.5, 0.6) is 0 Å². The summed E-state index contributed by atoms with van der Waals surface area (Å²) in [5.74, 6) is 0.651. The van der Waals surface area contributed by atoms with Crippen molar-refractivity contribution in [2.24, 2.45) is 13.0 Å². The molecule has 0 N–H and O–H groups in total. The molecule has 27 heavy (non-hydrogen) atoms. The predicted molar refractivity (Wildman–Crippen MR) is 113 cm³/mol. The summed E-state index contributed by atoms with van der Waals surface area (Å²) in [6, 6.07) is 13.1. The topological polar surface area (TPSA) is 17.0 Å². The third-order valence-electron chi connectivity index (χ3n) is 5.55. The van der Waals surface area contributed by atoms with E-state index in [9.17, 15) is 0 Å². The van der Waals surface area contributed by atoms with E-state index >= 15 is 0 Å². The Morgan fingerprint density at radius 2 is 1.63 bits per heavy atom. The minimum atomic E-state index is 0.651. The Morgan fingerprint density at radius 1 is 0.889 bits per heavy atom. The van der Waals surface area contributed by atoms with Crippen LogP contribution in [0, 0.1) is 26.7 Å².